The third kappa shape index (κ3) is 4.06. The molecule has 18 heavy (non-hydrogen) atoms. The Kier molecular flexibility index (Phi) is 4.27. The first kappa shape index (κ1) is 14.0. The van der Waals surface area contributed by atoms with E-state index in [9.17, 15) is 9.18 Å². The third-order valence-corrected chi connectivity index (χ3v) is 1.97. The van der Waals surface area contributed by atoms with E-state index in [1.165, 1.54) is 18.2 Å². The van der Waals surface area contributed by atoms with Crippen molar-refractivity contribution in [2.45, 2.75) is 26.4 Å². The number of carbonyl (C=O) groups is 1. The summed E-state index contributed by atoms with van der Waals surface area (Å²) >= 11 is 0. The average molecular weight is 250 g/mol. The summed E-state index contributed by atoms with van der Waals surface area (Å²) in [5, 5.41) is 11.5. The van der Waals surface area contributed by atoms with Crippen molar-refractivity contribution in [2.75, 3.05) is 11.9 Å². The summed E-state index contributed by atoms with van der Waals surface area (Å²) in [6, 6.07) is 5.94. The van der Waals surface area contributed by atoms with Gasteiger partial charge in [0.1, 0.15) is 29.6 Å². The molecule has 1 N–H and O–H groups in total. The maximum atomic E-state index is 13.3. The van der Waals surface area contributed by atoms with Crippen molar-refractivity contribution < 1.29 is 13.9 Å². The number of nitriles is 1. The molecule has 0 aliphatic heterocycles. The van der Waals surface area contributed by atoms with Gasteiger partial charge in [-0.1, -0.05) is 6.07 Å². The van der Waals surface area contributed by atoms with Gasteiger partial charge in [0.2, 0.25) is 0 Å². The van der Waals surface area contributed by atoms with Crippen LogP contribution in [0.5, 0.6) is 0 Å². The molecule has 0 atom stereocenters. The number of rotatable bonds is 3. The first-order chi connectivity index (χ1) is 8.33. The lowest BCUT2D eigenvalue weighted by atomic mass is 10.2. The zero-order valence-electron chi connectivity index (χ0n) is 10.6. The van der Waals surface area contributed by atoms with Crippen LogP contribution in [-0.2, 0) is 9.53 Å². The van der Waals surface area contributed by atoms with E-state index in [2.05, 4.69) is 5.32 Å². The highest BCUT2D eigenvalue weighted by molar-refractivity contribution is 5.76. The van der Waals surface area contributed by atoms with Crippen LogP contribution in [0.4, 0.5) is 10.1 Å². The summed E-state index contributed by atoms with van der Waals surface area (Å²) in [4.78, 5) is 11.5. The summed E-state index contributed by atoms with van der Waals surface area (Å²) in [5.74, 6) is -1.08. The van der Waals surface area contributed by atoms with Crippen LogP contribution in [0.2, 0.25) is 0 Å². The molecule has 0 fully saturated rings. The molecule has 4 nitrogen and oxygen atoms in total. The molecule has 0 unspecified atom stereocenters. The zero-order chi connectivity index (χ0) is 13.8. The molecule has 0 radical (unpaired) electrons. The smallest absolute Gasteiger partial charge is 0.325 e. The highest BCUT2D eigenvalue weighted by Gasteiger charge is 2.16. The molecule has 0 amide bonds. The van der Waals surface area contributed by atoms with Gasteiger partial charge in [0.25, 0.3) is 0 Å². The van der Waals surface area contributed by atoms with Crippen molar-refractivity contribution in [2.24, 2.45) is 0 Å². The molecule has 0 aromatic heterocycles. The van der Waals surface area contributed by atoms with Crippen LogP contribution in [0, 0.1) is 17.1 Å². The number of carbonyl (C=O) groups excluding carboxylic acids is 1. The van der Waals surface area contributed by atoms with Gasteiger partial charge in [-0.15, -0.1) is 0 Å². The molecule has 1 aromatic rings. The number of ether oxygens (including phenoxy) is 1. The van der Waals surface area contributed by atoms with Gasteiger partial charge in [-0.2, -0.15) is 5.26 Å². The average Bonchev–Trinajstić information content (AvgIpc) is 2.24. The second-order valence-electron chi connectivity index (χ2n) is 4.71. The molecule has 1 aromatic carbocycles. The Balaban J connectivity index is 2.68. The molecule has 5 heteroatoms. The molecule has 0 aliphatic carbocycles. The molecule has 0 heterocycles. The van der Waals surface area contributed by atoms with E-state index in [-0.39, 0.29) is 17.8 Å². The Hall–Kier alpha value is -2.09. The van der Waals surface area contributed by atoms with Crippen LogP contribution < -0.4 is 5.32 Å². The van der Waals surface area contributed by atoms with E-state index in [0.717, 1.165) is 0 Å². The van der Waals surface area contributed by atoms with Crippen molar-refractivity contribution >= 4 is 11.7 Å². The predicted octanol–water partition coefficient (Wildman–Crippen LogP) is 2.45. The molecular formula is C13H15FN2O2. The van der Waals surface area contributed by atoms with Gasteiger partial charge in [-0.25, -0.2) is 4.39 Å². The number of hydrogen-bond donors (Lipinski definition) is 1. The number of nitrogens with zero attached hydrogens (tertiary/aromatic N) is 1. The van der Waals surface area contributed by atoms with Gasteiger partial charge in [0, 0.05) is 0 Å². The molecule has 0 saturated heterocycles. The lowest BCUT2D eigenvalue weighted by molar-refractivity contribution is -0.152. The van der Waals surface area contributed by atoms with Crippen LogP contribution in [0.3, 0.4) is 0 Å². The van der Waals surface area contributed by atoms with Crippen molar-refractivity contribution in [3.63, 3.8) is 0 Å². The van der Waals surface area contributed by atoms with Gasteiger partial charge in [-0.05, 0) is 32.9 Å². The highest BCUT2D eigenvalue weighted by Crippen LogP contribution is 2.17. The van der Waals surface area contributed by atoms with Gasteiger partial charge in [-0.3, -0.25) is 4.79 Å². The van der Waals surface area contributed by atoms with E-state index < -0.39 is 17.4 Å². The molecule has 1 rings (SSSR count). The van der Waals surface area contributed by atoms with E-state index >= 15 is 0 Å². The second-order valence-corrected chi connectivity index (χ2v) is 4.71. The number of nitrogens with one attached hydrogen (secondary N) is 1. The van der Waals surface area contributed by atoms with Crippen molar-refractivity contribution in [3.8, 4) is 6.07 Å². The Morgan fingerprint density at radius 2 is 2.17 bits per heavy atom. The Morgan fingerprint density at radius 1 is 1.50 bits per heavy atom. The van der Waals surface area contributed by atoms with Crippen LogP contribution in [0.1, 0.15) is 26.3 Å². The summed E-state index contributed by atoms with van der Waals surface area (Å²) in [5.41, 5.74) is -0.400. The predicted molar refractivity (Wildman–Crippen MR) is 65.4 cm³/mol. The minimum atomic E-state index is -0.619. The van der Waals surface area contributed by atoms with E-state index in [0.29, 0.717) is 0 Å². The quantitative estimate of drug-likeness (QED) is 0.837. The summed E-state index contributed by atoms with van der Waals surface area (Å²) < 4.78 is 18.4. The van der Waals surface area contributed by atoms with Crippen LogP contribution >= 0.6 is 0 Å². The number of benzene rings is 1. The van der Waals surface area contributed by atoms with Gasteiger partial charge >= 0.3 is 5.97 Å². The van der Waals surface area contributed by atoms with Crippen LogP contribution in [0.25, 0.3) is 0 Å². The molecule has 0 aliphatic rings. The number of halogens is 1. The monoisotopic (exact) mass is 250 g/mol. The Morgan fingerprint density at radius 3 is 2.72 bits per heavy atom. The minimum absolute atomic E-state index is 0.110. The Bertz CT molecular complexity index is 487. The van der Waals surface area contributed by atoms with E-state index in [4.69, 9.17) is 10.00 Å². The van der Waals surface area contributed by atoms with Gasteiger partial charge < -0.3 is 10.1 Å². The van der Waals surface area contributed by atoms with Crippen LogP contribution in [0.15, 0.2) is 18.2 Å². The normalized spacial score (nSPS) is 10.6. The molecule has 96 valence electrons. The number of esters is 1. The van der Waals surface area contributed by atoms with Gasteiger partial charge in [0.15, 0.2) is 0 Å². The van der Waals surface area contributed by atoms with Crippen molar-refractivity contribution in [1.29, 1.82) is 5.26 Å². The fourth-order valence-electron chi connectivity index (χ4n) is 1.33. The fourth-order valence-corrected chi connectivity index (χ4v) is 1.33. The van der Waals surface area contributed by atoms with E-state index in [1.54, 1.807) is 26.8 Å². The van der Waals surface area contributed by atoms with Crippen LogP contribution in [-0.4, -0.2) is 18.1 Å². The minimum Gasteiger partial charge on any atom is -0.459 e. The third-order valence-electron chi connectivity index (χ3n) is 1.97. The standard InChI is InChI=1S/C13H15FN2O2/c1-13(2,3)18-12(17)8-16-11-6-4-5-10(14)9(11)7-15/h4-6,16H,8H2,1-3H3. The number of anilines is 1. The van der Waals surface area contributed by atoms with Crippen molar-refractivity contribution in [3.05, 3.63) is 29.6 Å². The summed E-state index contributed by atoms with van der Waals surface area (Å²) in [6.45, 7) is 5.16. The Labute approximate surface area is 105 Å². The summed E-state index contributed by atoms with van der Waals surface area (Å²) in [7, 11) is 0. The molecule has 0 spiro atoms. The lowest BCUT2D eigenvalue weighted by Gasteiger charge is -2.19. The first-order valence-corrected chi connectivity index (χ1v) is 5.48. The largest absolute Gasteiger partial charge is 0.459 e. The SMILES string of the molecule is CC(C)(C)OC(=O)CNc1cccc(F)c1C#N. The first-order valence-electron chi connectivity index (χ1n) is 5.48. The second kappa shape index (κ2) is 5.50. The summed E-state index contributed by atoms with van der Waals surface area (Å²) in [6.07, 6.45) is 0. The molecule has 0 bridgehead atoms. The fraction of sp³-hybridized carbons (Fsp3) is 0.385. The van der Waals surface area contributed by atoms with Crippen molar-refractivity contribution in [1.82, 2.24) is 0 Å². The molecular weight excluding hydrogens is 235 g/mol. The van der Waals surface area contributed by atoms with Gasteiger partial charge in [0.05, 0.1) is 5.69 Å². The molecule has 0 saturated carbocycles. The zero-order valence-corrected chi connectivity index (χ0v) is 10.6. The maximum Gasteiger partial charge on any atom is 0.325 e. The maximum absolute atomic E-state index is 13.3. The number of hydrogen-bond acceptors (Lipinski definition) is 4. The topological polar surface area (TPSA) is 62.1 Å². The lowest BCUT2D eigenvalue weighted by Crippen LogP contribution is -2.28. The highest BCUT2D eigenvalue weighted by atomic mass is 19.1. The van der Waals surface area contributed by atoms with E-state index in [1.807, 2.05) is 0 Å².